The van der Waals surface area contributed by atoms with Gasteiger partial charge in [-0.1, -0.05) is 72.8 Å². The first kappa shape index (κ1) is 15.9. The Bertz CT molecular complexity index is 1020. The number of hydrogen-bond donors (Lipinski definition) is 1. The molecule has 126 valence electrons. The SMILES string of the molecule is O=C(Nc1ccccc1)N(c1ccccc1)c1cccc2ccccc12. The molecular weight excluding hydrogens is 320 g/mol. The third kappa shape index (κ3) is 3.15. The Hall–Kier alpha value is -3.59. The van der Waals surface area contributed by atoms with Crippen molar-refractivity contribution in [3.05, 3.63) is 103 Å². The van der Waals surface area contributed by atoms with Crippen molar-refractivity contribution >= 4 is 33.9 Å². The smallest absolute Gasteiger partial charge is 0.307 e. The van der Waals surface area contributed by atoms with Crippen LogP contribution >= 0.6 is 0 Å². The molecule has 0 radical (unpaired) electrons. The molecule has 0 fully saturated rings. The average Bonchev–Trinajstić information content (AvgIpc) is 2.70. The van der Waals surface area contributed by atoms with Gasteiger partial charge in [-0.3, -0.25) is 4.90 Å². The van der Waals surface area contributed by atoms with Crippen LogP contribution in [0.15, 0.2) is 103 Å². The first-order valence-corrected chi connectivity index (χ1v) is 8.52. The molecule has 0 atom stereocenters. The molecule has 1 N–H and O–H groups in total. The monoisotopic (exact) mass is 338 g/mol. The molecule has 0 aliphatic heterocycles. The zero-order chi connectivity index (χ0) is 17.8. The van der Waals surface area contributed by atoms with Gasteiger partial charge in [0.05, 0.1) is 11.4 Å². The van der Waals surface area contributed by atoms with Crippen LogP contribution in [0.3, 0.4) is 0 Å². The van der Waals surface area contributed by atoms with Gasteiger partial charge in [0, 0.05) is 11.1 Å². The number of rotatable bonds is 3. The molecule has 0 aliphatic rings. The maximum Gasteiger partial charge on any atom is 0.330 e. The van der Waals surface area contributed by atoms with Gasteiger partial charge in [0.15, 0.2) is 0 Å². The molecule has 0 bridgehead atoms. The van der Waals surface area contributed by atoms with Gasteiger partial charge < -0.3 is 5.32 Å². The zero-order valence-corrected chi connectivity index (χ0v) is 14.2. The van der Waals surface area contributed by atoms with E-state index in [1.807, 2.05) is 91.0 Å². The van der Waals surface area contributed by atoms with Crippen molar-refractivity contribution in [1.82, 2.24) is 0 Å². The highest BCUT2D eigenvalue weighted by Crippen LogP contribution is 2.32. The predicted molar refractivity (Wildman–Crippen MR) is 108 cm³/mol. The summed E-state index contributed by atoms with van der Waals surface area (Å²) in [7, 11) is 0. The van der Waals surface area contributed by atoms with Crippen LogP contribution in [-0.4, -0.2) is 6.03 Å². The number of amides is 2. The van der Waals surface area contributed by atoms with Crippen LogP contribution in [0.2, 0.25) is 0 Å². The van der Waals surface area contributed by atoms with Crippen molar-refractivity contribution in [2.75, 3.05) is 10.2 Å². The number of urea groups is 1. The van der Waals surface area contributed by atoms with Gasteiger partial charge in [0.1, 0.15) is 0 Å². The molecule has 0 saturated carbocycles. The number of anilines is 3. The van der Waals surface area contributed by atoms with E-state index in [2.05, 4.69) is 17.4 Å². The Kier molecular flexibility index (Phi) is 4.35. The third-order valence-electron chi connectivity index (χ3n) is 4.25. The average molecular weight is 338 g/mol. The van der Waals surface area contributed by atoms with Crippen molar-refractivity contribution in [2.45, 2.75) is 0 Å². The van der Waals surface area contributed by atoms with Crippen LogP contribution in [0.5, 0.6) is 0 Å². The zero-order valence-electron chi connectivity index (χ0n) is 14.2. The third-order valence-corrected chi connectivity index (χ3v) is 4.25. The highest BCUT2D eigenvalue weighted by Gasteiger charge is 2.20. The Morgan fingerprint density at radius 1 is 0.654 bits per heavy atom. The molecule has 26 heavy (non-hydrogen) atoms. The first-order chi connectivity index (χ1) is 12.8. The summed E-state index contributed by atoms with van der Waals surface area (Å²) in [4.78, 5) is 14.9. The van der Waals surface area contributed by atoms with Crippen molar-refractivity contribution in [2.24, 2.45) is 0 Å². The first-order valence-electron chi connectivity index (χ1n) is 8.52. The maximum atomic E-state index is 13.2. The molecule has 2 amide bonds. The van der Waals surface area contributed by atoms with E-state index in [-0.39, 0.29) is 6.03 Å². The van der Waals surface area contributed by atoms with Gasteiger partial charge in [-0.15, -0.1) is 0 Å². The molecular formula is C23H18N2O. The Morgan fingerprint density at radius 2 is 1.27 bits per heavy atom. The molecule has 0 heterocycles. The summed E-state index contributed by atoms with van der Waals surface area (Å²) in [5.41, 5.74) is 2.43. The van der Waals surface area contributed by atoms with Crippen LogP contribution in [0.25, 0.3) is 10.8 Å². The topological polar surface area (TPSA) is 32.3 Å². The maximum absolute atomic E-state index is 13.2. The second kappa shape index (κ2) is 7.11. The second-order valence-electron chi connectivity index (χ2n) is 5.97. The minimum absolute atomic E-state index is 0.196. The summed E-state index contributed by atoms with van der Waals surface area (Å²) in [6, 6.07) is 33.1. The van der Waals surface area contributed by atoms with Gasteiger partial charge in [0.2, 0.25) is 0 Å². The lowest BCUT2D eigenvalue weighted by Gasteiger charge is -2.25. The van der Waals surface area contributed by atoms with Gasteiger partial charge >= 0.3 is 6.03 Å². The number of carbonyl (C=O) groups is 1. The number of benzene rings is 4. The molecule has 0 aromatic heterocycles. The van der Waals surface area contributed by atoms with E-state index < -0.39 is 0 Å². The standard InChI is InChI=1S/C23H18N2O/c26-23(24-19-12-3-1-4-13-19)25(20-14-5-2-6-15-20)22-17-9-11-18-10-7-8-16-21(18)22/h1-17H,(H,24,26). The van der Waals surface area contributed by atoms with Gasteiger partial charge in [-0.25, -0.2) is 4.79 Å². The minimum atomic E-state index is -0.196. The molecule has 0 spiro atoms. The lowest BCUT2D eigenvalue weighted by Crippen LogP contribution is -2.30. The number of para-hydroxylation sites is 2. The molecule has 0 saturated heterocycles. The summed E-state index contributed by atoms with van der Waals surface area (Å²) in [6.07, 6.45) is 0. The lowest BCUT2D eigenvalue weighted by molar-refractivity contribution is 0.259. The number of nitrogens with zero attached hydrogens (tertiary/aromatic N) is 1. The molecule has 4 aromatic rings. The molecule has 0 unspecified atom stereocenters. The van der Waals surface area contributed by atoms with Crippen LogP contribution in [-0.2, 0) is 0 Å². The highest BCUT2D eigenvalue weighted by molar-refractivity contribution is 6.12. The number of nitrogens with one attached hydrogen (secondary N) is 1. The van der Waals surface area contributed by atoms with Crippen molar-refractivity contribution < 1.29 is 4.79 Å². The Balaban J connectivity index is 1.82. The van der Waals surface area contributed by atoms with Crippen molar-refractivity contribution in [3.63, 3.8) is 0 Å². The molecule has 4 aromatic carbocycles. The van der Waals surface area contributed by atoms with Crippen LogP contribution < -0.4 is 10.2 Å². The number of fused-ring (bicyclic) bond motifs is 1. The minimum Gasteiger partial charge on any atom is -0.307 e. The number of carbonyl (C=O) groups excluding carboxylic acids is 1. The van der Waals surface area contributed by atoms with Crippen LogP contribution in [0, 0.1) is 0 Å². The fourth-order valence-electron chi connectivity index (χ4n) is 3.05. The van der Waals surface area contributed by atoms with Crippen LogP contribution in [0.4, 0.5) is 21.9 Å². The molecule has 3 nitrogen and oxygen atoms in total. The van der Waals surface area contributed by atoms with E-state index in [4.69, 9.17) is 0 Å². The fourth-order valence-corrected chi connectivity index (χ4v) is 3.05. The van der Waals surface area contributed by atoms with E-state index in [0.29, 0.717) is 0 Å². The van der Waals surface area contributed by atoms with Crippen molar-refractivity contribution in [3.8, 4) is 0 Å². The fraction of sp³-hybridized carbons (Fsp3) is 0. The second-order valence-corrected chi connectivity index (χ2v) is 5.97. The van der Waals surface area contributed by atoms with Crippen molar-refractivity contribution in [1.29, 1.82) is 0 Å². The Morgan fingerprint density at radius 3 is 2.04 bits per heavy atom. The van der Waals surface area contributed by atoms with Gasteiger partial charge in [-0.2, -0.15) is 0 Å². The van der Waals surface area contributed by atoms with E-state index in [9.17, 15) is 4.79 Å². The number of hydrogen-bond acceptors (Lipinski definition) is 1. The van der Waals surface area contributed by atoms with E-state index >= 15 is 0 Å². The molecule has 3 heteroatoms. The summed E-state index contributed by atoms with van der Waals surface area (Å²) in [5, 5.41) is 5.12. The summed E-state index contributed by atoms with van der Waals surface area (Å²) < 4.78 is 0. The van der Waals surface area contributed by atoms with E-state index in [1.165, 1.54) is 0 Å². The lowest BCUT2D eigenvalue weighted by atomic mass is 10.1. The summed E-state index contributed by atoms with van der Waals surface area (Å²) in [5.74, 6) is 0. The summed E-state index contributed by atoms with van der Waals surface area (Å²) >= 11 is 0. The predicted octanol–water partition coefficient (Wildman–Crippen LogP) is 6.21. The largest absolute Gasteiger partial charge is 0.330 e. The van der Waals surface area contributed by atoms with Gasteiger partial charge in [0.25, 0.3) is 0 Å². The Labute approximate surface area is 152 Å². The van der Waals surface area contributed by atoms with Gasteiger partial charge in [-0.05, 0) is 35.7 Å². The summed E-state index contributed by atoms with van der Waals surface area (Å²) in [6.45, 7) is 0. The molecule has 0 aliphatic carbocycles. The van der Waals surface area contributed by atoms with E-state index in [0.717, 1.165) is 27.8 Å². The quantitative estimate of drug-likeness (QED) is 0.473. The molecule has 4 rings (SSSR count). The van der Waals surface area contributed by atoms with Crippen LogP contribution in [0.1, 0.15) is 0 Å². The highest BCUT2D eigenvalue weighted by atomic mass is 16.2. The van der Waals surface area contributed by atoms with E-state index in [1.54, 1.807) is 4.90 Å². The normalized spacial score (nSPS) is 10.5.